The molecule has 0 spiro atoms. The minimum Gasteiger partial charge on any atom is -0.493 e. The van der Waals surface area contributed by atoms with Gasteiger partial charge in [0.2, 0.25) is 0 Å². The summed E-state index contributed by atoms with van der Waals surface area (Å²) in [6, 6.07) is 16.7. The SMILES string of the molecule is Fc1ccc(OCC2CCCN(C/C=C/c3ccccc3)C2)cc1. The molecule has 0 aliphatic carbocycles. The van der Waals surface area contributed by atoms with Crippen molar-refractivity contribution < 1.29 is 9.13 Å². The Morgan fingerprint density at radius 3 is 2.67 bits per heavy atom. The Balaban J connectivity index is 1.44. The Morgan fingerprint density at radius 1 is 1.08 bits per heavy atom. The van der Waals surface area contributed by atoms with E-state index in [-0.39, 0.29) is 5.82 Å². The number of halogens is 1. The molecule has 1 saturated heterocycles. The van der Waals surface area contributed by atoms with Crippen molar-refractivity contribution in [3.63, 3.8) is 0 Å². The minimum atomic E-state index is -0.226. The molecule has 0 amide bonds. The van der Waals surface area contributed by atoms with Gasteiger partial charge >= 0.3 is 0 Å². The summed E-state index contributed by atoms with van der Waals surface area (Å²) < 4.78 is 18.7. The summed E-state index contributed by atoms with van der Waals surface area (Å²) in [5, 5.41) is 0. The zero-order chi connectivity index (χ0) is 16.6. The van der Waals surface area contributed by atoms with Gasteiger partial charge in [0.1, 0.15) is 11.6 Å². The van der Waals surface area contributed by atoms with E-state index in [1.807, 2.05) is 6.07 Å². The predicted octanol–water partition coefficient (Wildman–Crippen LogP) is 4.63. The van der Waals surface area contributed by atoms with Gasteiger partial charge in [0.15, 0.2) is 0 Å². The van der Waals surface area contributed by atoms with Crippen molar-refractivity contribution in [2.75, 3.05) is 26.2 Å². The van der Waals surface area contributed by atoms with Gasteiger partial charge in [-0.25, -0.2) is 4.39 Å². The van der Waals surface area contributed by atoms with Crippen molar-refractivity contribution in [2.45, 2.75) is 12.8 Å². The molecule has 0 radical (unpaired) electrons. The first-order valence-electron chi connectivity index (χ1n) is 8.62. The third-order valence-corrected chi connectivity index (χ3v) is 4.38. The maximum absolute atomic E-state index is 12.9. The summed E-state index contributed by atoms with van der Waals surface area (Å²) in [7, 11) is 0. The molecule has 1 atom stereocenters. The summed E-state index contributed by atoms with van der Waals surface area (Å²) in [4.78, 5) is 2.47. The van der Waals surface area contributed by atoms with Crippen LogP contribution in [-0.4, -0.2) is 31.1 Å². The maximum atomic E-state index is 12.9. The number of rotatable bonds is 6. The molecular formula is C21H24FNO. The van der Waals surface area contributed by atoms with Gasteiger partial charge in [-0.2, -0.15) is 0 Å². The summed E-state index contributed by atoms with van der Waals surface area (Å²) in [5.74, 6) is 1.06. The van der Waals surface area contributed by atoms with Crippen LogP contribution in [0.2, 0.25) is 0 Å². The van der Waals surface area contributed by atoms with E-state index in [9.17, 15) is 4.39 Å². The van der Waals surface area contributed by atoms with Crippen molar-refractivity contribution in [3.05, 3.63) is 72.1 Å². The molecule has 2 nitrogen and oxygen atoms in total. The molecule has 126 valence electrons. The van der Waals surface area contributed by atoms with E-state index in [0.29, 0.717) is 12.5 Å². The van der Waals surface area contributed by atoms with Crippen molar-refractivity contribution in [3.8, 4) is 5.75 Å². The lowest BCUT2D eigenvalue weighted by Gasteiger charge is -2.31. The molecule has 0 aromatic heterocycles. The Labute approximate surface area is 143 Å². The number of piperidine rings is 1. The maximum Gasteiger partial charge on any atom is 0.123 e. The van der Waals surface area contributed by atoms with Crippen LogP contribution < -0.4 is 4.74 Å². The molecule has 0 saturated carbocycles. The zero-order valence-corrected chi connectivity index (χ0v) is 13.9. The molecule has 3 rings (SSSR count). The predicted molar refractivity (Wildman–Crippen MR) is 96.5 cm³/mol. The van der Waals surface area contributed by atoms with Gasteiger partial charge in [0.25, 0.3) is 0 Å². The van der Waals surface area contributed by atoms with E-state index >= 15 is 0 Å². The van der Waals surface area contributed by atoms with Crippen LogP contribution in [0.1, 0.15) is 18.4 Å². The van der Waals surface area contributed by atoms with Gasteiger partial charge in [-0.1, -0.05) is 42.5 Å². The van der Waals surface area contributed by atoms with Crippen LogP contribution in [0.25, 0.3) is 6.08 Å². The fraction of sp³-hybridized carbons (Fsp3) is 0.333. The molecule has 24 heavy (non-hydrogen) atoms. The molecule has 1 fully saturated rings. The van der Waals surface area contributed by atoms with Crippen LogP contribution in [0.15, 0.2) is 60.7 Å². The first-order valence-corrected chi connectivity index (χ1v) is 8.62. The molecule has 2 aromatic carbocycles. The Morgan fingerprint density at radius 2 is 1.88 bits per heavy atom. The molecule has 2 aromatic rings. The lowest BCUT2D eigenvalue weighted by molar-refractivity contribution is 0.140. The van der Waals surface area contributed by atoms with Gasteiger partial charge in [0, 0.05) is 19.0 Å². The van der Waals surface area contributed by atoms with Gasteiger partial charge in [-0.3, -0.25) is 4.90 Å². The van der Waals surface area contributed by atoms with Crippen LogP contribution in [0.5, 0.6) is 5.75 Å². The highest BCUT2D eigenvalue weighted by molar-refractivity contribution is 5.48. The Bertz CT molecular complexity index is 639. The third kappa shape index (κ3) is 5.20. The normalized spacial score (nSPS) is 18.8. The van der Waals surface area contributed by atoms with Gasteiger partial charge < -0.3 is 4.74 Å². The van der Waals surface area contributed by atoms with Gasteiger partial charge in [-0.15, -0.1) is 0 Å². The standard InChI is InChI=1S/C21H24FNO/c22-20-10-12-21(13-11-20)24-17-19-9-5-15-23(16-19)14-4-8-18-6-2-1-3-7-18/h1-4,6-8,10-13,19H,5,9,14-17H2/b8-4+. The largest absolute Gasteiger partial charge is 0.493 e. The average molecular weight is 325 g/mol. The van der Waals surface area contributed by atoms with E-state index in [4.69, 9.17) is 4.74 Å². The summed E-state index contributed by atoms with van der Waals surface area (Å²) in [6.45, 7) is 3.87. The second kappa shape index (κ2) is 8.65. The first-order chi connectivity index (χ1) is 11.8. The van der Waals surface area contributed by atoms with Crippen molar-refractivity contribution in [1.82, 2.24) is 4.90 Å². The van der Waals surface area contributed by atoms with Crippen molar-refractivity contribution in [2.24, 2.45) is 5.92 Å². The van der Waals surface area contributed by atoms with Crippen LogP contribution in [0, 0.1) is 11.7 Å². The molecular weight excluding hydrogens is 301 g/mol. The Hall–Kier alpha value is -2.13. The topological polar surface area (TPSA) is 12.5 Å². The fourth-order valence-corrected chi connectivity index (χ4v) is 3.10. The Kier molecular flexibility index (Phi) is 6.02. The van der Waals surface area contributed by atoms with Crippen LogP contribution >= 0.6 is 0 Å². The summed E-state index contributed by atoms with van der Waals surface area (Å²) in [5.41, 5.74) is 1.24. The van der Waals surface area contributed by atoms with E-state index < -0.39 is 0 Å². The van der Waals surface area contributed by atoms with E-state index in [0.717, 1.165) is 25.4 Å². The minimum absolute atomic E-state index is 0.226. The van der Waals surface area contributed by atoms with E-state index in [2.05, 4.69) is 41.3 Å². The number of nitrogens with zero attached hydrogens (tertiary/aromatic N) is 1. The lowest BCUT2D eigenvalue weighted by Crippen LogP contribution is -2.37. The quantitative estimate of drug-likeness (QED) is 0.768. The molecule has 1 aliphatic rings. The lowest BCUT2D eigenvalue weighted by atomic mass is 9.99. The third-order valence-electron chi connectivity index (χ3n) is 4.38. The average Bonchev–Trinajstić information content (AvgIpc) is 2.63. The molecule has 1 unspecified atom stereocenters. The number of hydrogen-bond acceptors (Lipinski definition) is 2. The van der Waals surface area contributed by atoms with E-state index in [1.54, 1.807) is 12.1 Å². The zero-order valence-electron chi connectivity index (χ0n) is 13.9. The highest BCUT2D eigenvalue weighted by atomic mass is 19.1. The number of likely N-dealkylation sites (tertiary alicyclic amines) is 1. The van der Waals surface area contributed by atoms with Gasteiger partial charge in [-0.05, 0) is 49.2 Å². The van der Waals surface area contributed by atoms with Crippen LogP contribution in [0.3, 0.4) is 0 Å². The summed E-state index contributed by atoms with van der Waals surface area (Å²) >= 11 is 0. The fourth-order valence-electron chi connectivity index (χ4n) is 3.10. The summed E-state index contributed by atoms with van der Waals surface area (Å²) in [6.07, 6.45) is 6.81. The van der Waals surface area contributed by atoms with Crippen LogP contribution in [-0.2, 0) is 0 Å². The first kappa shape index (κ1) is 16.7. The highest BCUT2D eigenvalue weighted by Crippen LogP contribution is 2.19. The smallest absolute Gasteiger partial charge is 0.123 e. The molecule has 1 heterocycles. The van der Waals surface area contributed by atoms with Gasteiger partial charge in [0.05, 0.1) is 6.61 Å². The van der Waals surface area contributed by atoms with Crippen molar-refractivity contribution in [1.29, 1.82) is 0 Å². The number of benzene rings is 2. The molecule has 1 aliphatic heterocycles. The number of ether oxygens (including phenoxy) is 1. The second-order valence-corrected chi connectivity index (χ2v) is 6.35. The van der Waals surface area contributed by atoms with Crippen molar-refractivity contribution >= 4 is 6.08 Å². The molecule has 3 heteroatoms. The monoisotopic (exact) mass is 325 g/mol. The van der Waals surface area contributed by atoms with Crippen LogP contribution in [0.4, 0.5) is 4.39 Å². The molecule has 0 N–H and O–H groups in total. The highest BCUT2D eigenvalue weighted by Gasteiger charge is 2.19. The van der Waals surface area contributed by atoms with E-state index in [1.165, 1.54) is 30.5 Å². The number of hydrogen-bond donors (Lipinski definition) is 0. The molecule has 0 bridgehead atoms. The second-order valence-electron chi connectivity index (χ2n) is 6.35.